The summed E-state index contributed by atoms with van der Waals surface area (Å²) in [5.74, 6) is 1.15. The van der Waals surface area contributed by atoms with E-state index in [2.05, 4.69) is 34.7 Å². The zero-order chi connectivity index (χ0) is 18.2. The fourth-order valence-electron chi connectivity index (χ4n) is 1.78. The lowest BCUT2D eigenvalue weighted by Crippen LogP contribution is -2.39. The number of hydrogen-bond acceptors (Lipinski definition) is 7. The lowest BCUT2D eigenvalue weighted by molar-refractivity contribution is -0.119. The average Bonchev–Trinajstić information content (AvgIpc) is 3.06. The first kappa shape index (κ1) is 19.7. The van der Waals surface area contributed by atoms with Gasteiger partial charge in [-0.25, -0.2) is 4.79 Å². The second-order valence-corrected chi connectivity index (χ2v) is 9.11. The number of hydrogen-bond donors (Lipinski definition) is 2. The molecule has 0 saturated heterocycles. The number of amides is 3. The van der Waals surface area contributed by atoms with E-state index in [1.54, 1.807) is 11.8 Å². The van der Waals surface area contributed by atoms with Crippen molar-refractivity contribution in [1.29, 1.82) is 0 Å². The lowest BCUT2D eigenvalue weighted by atomic mass is 10.1. The lowest BCUT2D eigenvalue weighted by Gasteiger charge is -2.14. The van der Waals surface area contributed by atoms with Crippen LogP contribution in [0.25, 0.3) is 0 Å². The third-order valence-electron chi connectivity index (χ3n) is 2.95. The Morgan fingerprint density at radius 2 is 1.84 bits per heavy atom. The summed E-state index contributed by atoms with van der Waals surface area (Å²) < 4.78 is 1.59. The second-order valence-electron chi connectivity index (χ2n) is 5.52. The molecule has 0 saturated carbocycles. The van der Waals surface area contributed by atoms with E-state index < -0.39 is 11.3 Å². The summed E-state index contributed by atoms with van der Waals surface area (Å²) in [7, 11) is 1.47. The normalized spacial score (nSPS) is 12.0. The SMILES string of the molecule is CNC(=O)NC(=O)[C@@H](Sc1nnc(SCC(C)C)s1)c1ccccc1. The molecule has 0 unspecified atom stereocenters. The van der Waals surface area contributed by atoms with Crippen LogP contribution in [-0.4, -0.2) is 34.9 Å². The smallest absolute Gasteiger partial charge is 0.321 e. The van der Waals surface area contributed by atoms with Crippen LogP contribution in [0.5, 0.6) is 0 Å². The Morgan fingerprint density at radius 3 is 2.48 bits per heavy atom. The molecular weight excluding hydrogens is 376 g/mol. The Morgan fingerprint density at radius 1 is 1.16 bits per heavy atom. The van der Waals surface area contributed by atoms with Gasteiger partial charge in [-0.15, -0.1) is 10.2 Å². The van der Waals surface area contributed by atoms with E-state index in [0.717, 1.165) is 15.7 Å². The van der Waals surface area contributed by atoms with Crippen LogP contribution in [0.2, 0.25) is 0 Å². The summed E-state index contributed by atoms with van der Waals surface area (Å²) in [4.78, 5) is 24.0. The maximum atomic E-state index is 12.5. The van der Waals surface area contributed by atoms with E-state index in [0.29, 0.717) is 10.3 Å². The molecule has 0 aliphatic rings. The largest absolute Gasteiger partial charge is 0.341 e. The van der Waals surface area contributed by atoms with Gasteiger partial charge in [-0.1, -0.05) is 79.0 Å². The molecule has 25 heavy (non-hydrogen) atoms. The number of carbonyl (C=O) groups excluding carboxylic acids is 2. The van der Waals surface area contributed by atoms with Gasteiger partial charge in [-0.3, -0.25) is 10.1 Å². The standard InChI is InChI=1S/C16H20N4O2S3/c1-10(2)9-23-15-19-20-16(25-15)24-12(11-7-5-4-6-8-11)13(21)18-14(22)17-3/h4-8,10,12H,9H2,1-3H3,(H2,17,18,21,22)/t12-/m0/s1. The molecule has 0 fully saturated rings. The van der Waals surface area contributed by atoms with Gasteiger partial charge >= 0.3 is 6.03 Å². The third-order valence-corrected chi connectivity index (χ3v) is 6.77. The number of aromatic nitrogens is 2. The molecule has 2 rings (SSSR count). The number of urea groups is 1. The van der Waals surface area contributed by atoms with E-state index in [-0.39, 0.29) is 5.91 Å². The highest BCUT2D eigenvalue weighted by atomic mass is 32.2. The van der Waals surface area contributed by atoms with Crippen LogP contribution in [-0.2, 0) is 4.79 Å². The molecule has 6 nitrogen and oxygen atoms in total. The number of carbonyl (C=O) groups is 2. The molecule has 1 aromatic carbocycles. The zero-order valence-electron chi connectivity index (χ0n) is 14.2. The molecule has 2 aromatic rings. The maximum Gasteiger partial charge on any atom is 0.321 e. The predicted octanol–water partition coefficient (Wildman–Crippen LogP) is 3.58. The second kappa shape index (κ2) is 9.79. The Hall–Kier alpha value is -1.58. The minimum atomic E-state index is -0.575. The molecule has 0 spiro atoms. The van der Waals surface area contributed by atoms with Gasteiger partial charge in [0.15, 0.2) is 8.68 Å². The van der Waals surface area contributed by atoms with E-state index in [4.69, 9.17) is 0 Å². The minimum absolute atomic E-state index is 0.387. The molecule has 2 N–H and O–H groups in total. The molecule has 0 bridgehead atoms. The quantitative estimate of drug-likeness (QED) is 0.696. The molecule has 1 aromatic heterocycles. The van der Waals surface area contributed by atoms with Crippen LogP contribution < -0.4 is 10.6 Å². The van der Waals surface area contributed by atoms with Gasteiger partial charge in [-0.05, 0) is 11.5 Å². The van der Waals surface area contributed by atoms with E-state index >= 15 is 0 Å². The van der Waals surface area contributed by atoms with Crippen molar-refractivity contribution in [3.63, 3.8) is 0 Å². The number of nitrogens with zero attached hydrogens (tertiary/aromatic N) is 2. The van der Waals surface area contributed by atoms with Crippen LogP contribution in [0.15, 0.2) is 39.0 Å². The van der Waals surface area contributed by atoms with Crippen molar-refractivity contribution in [3.05, 3.63) is 35.9 Å². The molecule has 0 aliphatic heterocycles. The Balaban J connectivity index is 2.13. The van der Waals surface area contributed by atoms with Crippen LogP contribution >= 0.6 is 34.9 Å². The number of imide groups is 1. The fraction of sp³-hybridized carbons (Fsp3) is 0.375. The van der Waals surface area contributed by atoms with Crippen LogP contribution in [0.4, 0.5) is 4.79 Å². The van der Waals surface area contributed by atoms with Gasteiger partial charge in [0.1, 0.15) is 5.25 Å². The molecule has 134 valence electrons. The van der Waals surface area contributed by atoms with E-state index in [1.807, 2.05) is 30.3 Å². The highest BCUT2D eigenvalue weighted by Gasteiger charge is 2.25. The minimum Gasteiger partial charge on any atom is -0.341 e. The van der Waals surface area contributed by atoms with Crippen molar-refractivity contribution in [3.8, 4) is 0 Å². The first-order valence-electron chi connectivity index (χ1n) is 7.70. The predicted molar refractivity (Wildman–Crippen MR) is 103 cm³/mol. The van der Waals surface area contributed by atoms with Crippen molar-refractivity contribution in [2.75, 3.05) is 12.8 Å². The average molecular weight is 397 g/mol. The molecule has 1 heterocycles. The highest BCUT2D eigenvalue weighted by Crippen LogP contribution is 2.38. The maximum absolute atomic E-state index is 12.5. The molecular formula is C16H20N4O2S3. The summed E-state index contributed by atoms with van der Waals surface area (Å²) in [5.41, 5.74) is 0.806. The van der Waals surface area contributed by atoms with E-state index in [9.17, 15) is 9.59 Å². The van der Waals surface area contributed by atoms with Crippen molar-refractivity contribution in [2.24, 2.45) is 5.92 Å². The van der Waals surface area contributed by atoms with Crippen molar-refractivity contribution >= 4 is 46.8 Å². The first-order valence-corrected chi connectivity index (χ1v) is 10.4. The summed E-state index contributed by atoms with van der Waals surface area (Å²) in [6, 6.07) is 8.79. The zero-order valence-corrected chi connectivity index (χ0v) is 16.6. The summed E-state index contributed by atoms with van der Waals surface area (Å²) >= 11 is 4.42. The van der Waals surface area contributed by atoms with Gasteiger partial charge in [-0.2, -0.15) is 0 Å². The number of benzene rings is 1. The van der Waals surface area contributed by atoms with Crippen molar-refractivity contribution in [1.82, 2.24) is 20.8 Å². The molecule has 1 atom stereocenters. The van der Waals surface area contributed by atoms with E-state index in [1.165, 1.54) is 30.1 Å². The first-order chi connectivity index (χ1) is 12.0. The molecule has 9 heteroatoms. The highest BCUT2D eigenvalue weighted by molar-refractivity contribution is 8.03. The van der Waals surface area contributed by atoms with Gasteiger partial charge in [0.05, 0.1) is 0 Å². The Bertz CT molecular complexity index is 706. The van der Waals surface area contributed by atoms with Gasteiger partial charge in [0, 0.05) is 12.8 Å². The Labute approximate surface area is 159 Å². The summed E-state index contributed by atoms with van der Waals surface area (Å²) in [6.07, 6.45) is 0. The van der Waals surface area contributed by atoms with Crippen molar-refractivity contribution in [2.45, 2.75) is 27.8 Å². The number of nitrogens with one attached hydrogen (secondary N) is 2. The molecule has 0 radical (unpaired) electrons. The van der Waals surface area contributed by atoms with Crippen LogP contribution in [0.1, 0.15) is 24.7 Å². The topological polar surface area (TPSA) is 84.0 Å². The molecule has 3 amide bonds. The monoisotopic (exact) mass is 396 g/mol. The van der Waals surface area contributed by atoms with Gasteiger partial charge in [0.2, 0.25) is 5.91 Å². The molecule has 0 aliphatic carbocycles. The van der Waals surface area contributed by atoms with Crippen LogP contribution in [0.3, 0.4) is 0 Å². The fourth-order valence-corrected chi connectivity index (χ4v) is 4.97. The summed E-state index contributed by atoms with van der Waals surface area (Å²) in [5, 5.41) is 12.5. The Kier molecular flexibility index (Phi) is 7.73. The van der Waals surface area contributed by atoms with Crippen LogP contribution in [0, 0.1) is 5.92 Å². The van der Waals surface area contributed by atoms with Gasteiger partial charge in [0.25, 0.3) is 0 Å². The number of rotatable bonds is 7. The summed E-state index contributed by atoms with van der Waals surface area (Å²) in [6.45, 7) is 4.30. The third kappa shape index (κ3) is 6.33. The number of thioether (sulfide) groups is 2. The van der Waals surface area contributed by atoms with Gasteiger partial charge < -0.3 is 5.32 Å². The van der Waals surface area contributed by atoms with Crippen molar-refractivity contribution < 1.29 is 9.59 Å².